The van der Waals surface area contributed by atoms with Crippen molar-refractivity contribution in [2.45, 2.75) is 25.4 Å². The summed E-state index contributed by atoms with van der Waals surface area (Å²) < 4.78 is 91.1. The Kier molecular flexibility index (Phi) is 13.8. The number of halogens is 6. The number of nitrogens with zero attached hydrogens (tertiary/aromatic N) is 3. The Hall–Kier alpha value is -7.23. The number of hydrogen-bond acceptors (Lipinski definition) is 9. The molecule has 0 fully saturated rings. The Bertz CT molecular complexity index is 2280. The van der Waals surface area contributed by atoms with Crippen LogP contribution < -0.4 is 14.8 Å². The highest BCUT2D eigenvalue weighted by molar-refractivity contribution is 5.89. The van der Waals surface area contributed by atoms with Crippen molar-refractivity contribution in [1.82, 2.24) is 9.97 Å². The lowest BCUT2D eigenvalue weighted by molar-refractivity contribution is -0.138. The van der Waals surface area contributed by atoms with Crippen LogP contribution >= 0.6 is 0 Å². The molecule has 0 amide bonds. The second-order valence-electron chi connectivity index (χ2n) is 12.1. The van der Waals surface area contributed by atoms with E-state index in [-0.39, 0.29) is 5.56 Å². The van der Waals surface area contributed by atoms with E-state index in [1.807, 2.05) is 0 Å². The Labute approximate surface area is 327 Å². The number of methoxy groups -OCH3 is 1. The molecule has 16 heteroatoms. The molecule has 0 unspecified atom stereocenters. The van der Waals surface area contributed by atoms with Crippen LogP contribution in [0.4, 0.5) is 32.0 Å². The van der Waals surface area contributed by atoms with Crippen molar-refractivity contribution < 1.29 is 55.2 Å². The van der Waals surface area contributed by atoms with Gasteiger partial charge in [-0.05, 0) is 95.6 Å². The molecule has 0 bridgehead atoms. The van der Waals surface area contributed by atoms with Crippen LogP contribution in [0.3, 0.4) is 0 Å². The van der Waals surface area contributed by atoms with Crippen molar-refractivity contribution in [2.24, 2.45) is 4.99 Å². The summed E-state index contributed by atoms with van der Waals surface area (Å²) in [5.74, 6) is 0.208. The summed E-state index contributed by atoms with van der Waals surface area (Å²) >= 11 is 0. The van der Waals surface area contributed by atoms with Crippen LogP contribution in [0.5, 0.6) is 23.3 Å². The minimum atomic E-state index is -4.36. The summed E-state index contributed by atoms with van der Waals surface area (Å²) in [5.41, 5.74) is 1.96. The van der Waals surface area contributed by atoms with E-state index in [2.05, 4.69) is 25.0 Å². The van der Waals surface area contributed by atoms with Gasteiger partial charge in [0.05, 0.1) is 47.8 Å². The van der Waals surface area contributed by atoms with Gasteiger partial charge >= 0.3 is 24.3 Å². The van der Waals surface area contributed by atoms with Gasteiger partial charge in [-0.3, -0.25) is 4.99 Å². The quantitative estimate of drug-likeness (QED) is 0.0705. The number of carboxylic acids is 1. The maximum absolute atomic E-state index is 12.6. The highest BCUT2D eigenvalue weighted by Crippen LogP contribution is 2.30. The van der Waals surface area contributed by atoms with Gasteiger partial charge in [0.25, 0.3) is 0 Å². The Morgan fingerprint density at radius 3 is 1.62 bits per heavy atom. The average Bonchev–Trinajstić information content (AvgIpc) is 3.21. The molecule has 0 aliphatic carbocycles. The Balaban J connectivity index is 0.000000221. The number of pyridine rings is 2. The fourth-order valence-corrected chi connectivity index (χ4v) is 4.82. The normalized spacial score (nSPS) is 11.3. The smallest absolute Gasteiger partial charge is 0.416 e. The number of nitrogens with one attached hydrogen (secondary N) is 1. The predicted octanol–water partition coefficient (Wildman–Crippen LogP) is 10.5. The summed E-state index contributed by atoms with van der Waals surface area (Å²) in [6, 6.07) is 28.9. The van der Waals surface area contributed by atoms with Gasteiger partial charge in [0, 0.05) is 31.1 Å². The molecule has 0 radical (unpaired) electrons. The Morgan fingerprint density at radius 1 is 0.655 bits per heavy atom. The van der Waals surface area contributed by atoms with E-state index >= 15 is 0 Å². The van der Waals surface area contributed by atoms with Crippen LogP contribution in [0.25, 0.3) is 0 Å². The molecule has 2 N–H and O–H groups in total. The highest BCUT2D eigenvalue weighted by atomic mass is 19.4. The number of carboxylic acid groups (broad SMARTS) is 1. The summed E-state index contributed by atoms with van der Waals surface area (Å²) in [5, 5.41) is 12.0. The second-order valence-corrected chi connectivity index (χ2v) is 12.1. The molecule has 6 rings (SSSR count). The lowest BCUT2D eigenvalue weighted by Gasteiger charge is -2.10. The van der Waals surface area contributed by atoms with E-state index in [4.69, 9.17) is 14.6 Å². The zero-order valence-corrected chi connectivity index (χ0v) is 30.3. The lowest BCUT2D eigenvalue weighted by atomic mass is 10.1. The van der Waals surface area contributed by atoms with Crippen LogP contribution in [-0.2, 0) is 30.2 Å². The van der Waals surface area contributed by atoms with Crippen molar-refractivity contribution >= 4 is 23.8 Å². The summed E-state index contributed by atoms with van der Waals surface area (Å²) in [6.45, 7) is 0.663. The maximum atomic E-state index is 12.6. The molecule has 0 aliphatic rings. The third-order valence-electron chi connectivity index (χ3n) is 7.89. The largest absolute Gasteiger partial charge is 0.478 e. The monoisotopic (exact) mass is 802 g/mol. The number of carbonyl (C=O) groups is 2. The van der Waals surface area contributed by atoms with Gasteiger partial charge in [-0.2, -0.15) is 26.3 Å². The first-order chi connectivity index (χ1) is 27.7. The molecular weight excluding hydrogens is 770 g/mol. The number of benzene rings is 4. The molecule has 298 valence electrons. The SMILES string of the molecule is COC(=O)c1ccc(Oc2ccc(NCc3ccc(C(F)(F)F)cc3)cn2)cc1.O=C(O)c1ccc(Oc2ccc(CN=Cc3ccc(C(F)(F)F)cc3)cn2)cc1. The number of aromatic nitrogens is 2. The molecule has 4 aromatic carbocycles. The molecule has 0 saturated heterocycles. The summed E-state index contributed by atoms with van der Waals surface area (Å²) in [6.07, 6.45) is -4.07. The van der Waals surface area contributed by atoms with Crippen molar-refractivity contribution in [2.75, 3.05) is 12.4 Å². The van der Waals surface area contributed by atoms with Gasteiger partial charge < -0.3 is 24.6 Å². The van der Waals surface area contributed by atoms with Crippen LogP contribution in [0.15, 0.2) is 139 Å². The molecule has 10 nitrogen and oxygen atoms in total. The van der Waals surface area contributed by atoms with E-state index in [0.29, 0.717) is 58.7 Å². The van der Waals surface area contributed by atoms with Crippen molar-refractivity contribution in [3.05, 3.63) is 173 Å². The van der Waals surface area contributed by atoms with Gasteiger partial charge in [-0.1, -0.05) is 30.3 Å². The lowest BCUT2D eigenvalue weighted by Crippen LogP contribution is -2.05. The summed E-state index contributed by atoms with van der Waals surface area (Å²) in [4.78, 5) is 34.8. The molecule has 0 saturated carbocycles. The highest BCUT2D eigenvalue weighted by Gasteiger charge is 2.30. The molecule has 6 aromatic rings. The summed E-state index contributed by atoms with van der Waals surface area (Å²) in [7, 11) is 1.31. The molecule has 2 aromatic heterocycles. The number of ether oxygens (including phenoxy) is 3. The fourth-order valence-electron chi connectivity index (χ4n) is 4.82. The van der Waals surface area contributed by atoms with Crippen LogP contribution in [-0.4, -0.2) is 40.3 Å². The van der Waals surface area contributed by atoms with Crippen LogP contribution in [0.1, 0.15) is 48.5 Å². The topological polar surface area (TPSA) is 132 Å². The number of carbonyl (C=O) groups excluding carboxylic acids is 1. The van der Waals surface area contributed by atoms with E-state index in [1.54, 1.807) is 60.9 Å². The van der Waals surface area contributed by atoms with Gasteiger partial charge in [-0.15, -0.1) is 0 Å². The van der Waals surface area contributed by atoms with Crippen LogP contribution in [0.2, 0.25) is 0 Å². The number of rotatable bonds is 12. The molecule has 0 spiro atoms. The van der Waals surface area contributed by atoms with Gasteiger partial charge in [0.1, 0.15) is 11.5 Å². The first kappa shape index (κ1) is 41.9. The van der Waals surface area contributed by atoms with Crippen LogP contribution in [0, 0.1) is 0 Å². The van der Waals surface area contributed by atoms with Gasteiger partial charge in [0.2, 0.25) is 11.8 Å². The van der Waals surface area contributed by atoms with Gasteiger partial charge in [-0.25, -0.2) is 19.6 Å². The van der Waals surface area contributed by atoms with E-state index in [0.717, 1.165) is 29.8 Å². The molecule has 0 aliphatic heterocycles. The second kappa shape index (κ2) is 19.1. The number of alkyl halides is 6. The van der Waals surface area contributed by atoms with Crippen molar-refractivity contribution in [3.8, 4) is 23.3 Å². The zero-order chi connectivity index (χ0) is 41.7. The minimum Gasteiger partial charge on any atom is -0.478 e. The molecule has 0 atom stereocenters. The number of esters is 1. The first-order valence-corrected chi connectivity index (χ1v) is 17.0. The third kappa shape index (κ3) is 12.7. The number of aromatic carboxylic acids is 1. The van der Waals surface area contributed by atoms with Crippen molar-refractivity contribution in [3.63, 3.8) is 0 Å². The molecule has 2 heterocycles. The van der Waals surface area contributed by atoms with E-state index in [9.17, 15) is 35.9 Å². The third-order valence-corrected chi connectivity index (χ3v) is 7.89. The maximum Gasteiger partial charge on any atom is 0.416 e. The first-order valence-electron chi connectivity index (χ1n) is 17.0. The van der Waals surface area contributed by atoms with Gasteiger partial charge in [0.15, 0.2) is 0 Å². The predicted molar refractivity (Wildman–Crippen MR) is 201 cm³/mol. The zero-order valence-electron chi connectivity index (χ0n) is 30.3. The number of anilines is 1. The van der Waals surface area contributed by atoms with E-state index < -0.39 is 35.4 Å². The number of hydrogen-bond donors (Lipinski definition) is 2. The minimum absolute atomic E-state index is 0.159. The van der Waals surface area contributed by atoms with E-state index in [1.165, 1.54) is 61.9 Å². The Morgan fingerprint density at radius 2 is 1.16 bits per heavy atom. The molecule has 58 heavy (non-hydrogen) atoms. The van der Waals surface area contributed by atoms with Crippen molar-refractivity contribution in [1.29, 1.82) is 0 Å². The fraction of sp³-hybridized carbons (Fsp3) is 0.119. The molecular formula is C42H32F6N4O6. The average molecular weight is 803 g/mol. The standard InChI is InChI=1S/C21H17F3N2O3.C21H15F3N2O3/c1-28-20(27)15-4-9-18(10-5-15)29-19-11-8-17(13-26-19)25-12-14-2-6-16(7-3-14)21(22,23)24;22-21(23,24)17-6-1-14(2-7-17)11-25-12-15-3-10-19(26-13-15)29-18-8-4-16(5-9-18)20(27)28/h2-11,13,25H,12H2,1H3;1-11,13H,12H2,(H,27,28). The number of aliphatic imine (C=N–C) groups is 1.